The van der Waals surface area contributed by atoms with E-state index in [0.29, 0.717) is 17.1 Å². The Morgan fingerprint density at radius 2 is 1.90 bits per heavy atom. The summed E-state index contributed by atoms with van der Waals surface area (Å²) in [6, 6.07) is 6.00. The first-order valence-electron chi connectivity index (χ1n) is 8.72. The minimum Gasteiger partial charge on any atom is -0.341 e. The van der Waals surface area contributed by atoms with E-state index in [4.69, 9.17) is 11.6 Å². The minimum atomic E-state index is -3.48. The Balaban J connectivity index is 1.65. The van der Waals surface area contributed by atoms with Gasteiger partial charge >= 0.3 is 0 Å². The molecule has 0 bridgehead atoms. The van der Waals surface area contributed by atoms with Crippen molar-refractivity contribution in [2.24, 2.45) is 0 Å². The number of benzene rings is 1. The molecule has 0 unspecified atom stereocenters. The maximum absolute atomic E-state index is 13.1. The number of nitrogens with zero attached hydrogens (tertiary/aromatic N) is 3. The molecule has 150 valence electrons. The van der Waals surface area contributed by atoms with Gasteiger partial charge in [-0.05, 0) is 37.1 Å². The van der Waals surface area contributed by atoms with Crippen LogP contribution in [0.15, 0.2) is 47.8 Å². The number of sulfone groups is 1. The molecule has 1 amide bonds. The summed E-state index contributed by atoms with van der Waals surface area (Å²) in [6.45, 7) is 0. The number of nitrogens with one attached hydrogen (secondary N) is 1. The summed E-state index contributed by atoms with van der Waals surface area (Å²) in [4.78, 5) is 20.8. The van der Waals surface area contributed by atoms with Gasteiger partial charge in [0.2, 0.25) is 0 Å². The zero-order chi connectivity index (χ0) is 20.8. The molecule has 0 spiro atoms. The first-order valence-corrected chi connectivity index (χ1v) is 11.0. The van der Waals surface area contributed by atoms with E-state index >= 15 is 0 Å². The van der Waals surface area contributed by atoms with E-state index in [1.165, 1.54) is 18.2 Å². The number of anilines is 1. The average molecular weight is 435 g/mol. The molecule has 2 heterocycles. The van der Waals surface area contributed by atoms with Crippen molar-refractivity contribution in [3.05, 3.63) is 59.3 Å². The molecule has 1 N–H and O–H groups in total. The molecular formula is C19H16ClFN4O3S. The van der Waals surface area contributed by atoms with Crippen molar-refractivity contribution in [1.29, 1.82) is 0 Å². The van der Waals surface area contributed by atoms with Gasteiger partial charge in [0, 0.05) is 29.2 Å². The van der Waals surface area contributed by atoms with Crippen LogP contribution in [-0.2, 0) is 9.84 Å². The van der Waals surface area contributed by atoms with Gasteiger partial charge in [-0.2, -0.15) is 0 Å². The zero-order valence-corrected chi connectivity index (χ0v) is 16.8. The summed E-state index contributed by atoms with van der Waals surface area (Å²) in [5, 5.41) is 2.86. The minimum absolute atomic E-state index is 0.0104. The Bertz CT molecular complexity index is 1200. The molecule has 10 heteroatoms. The molecule has 7 nitrogen and oxygen atoms in total. The fourth-order valence-electron chi connectivity index (χ4n) is 2.93. The summed E-state index contributed by atoms with van der Waals surface area (Å²) in [7, 11) is -3.48. The zero-order valence-electron chi connectivity index (χ0n) is 15.3. The van der Waals surface area contributed by atoms with Crippen LogP contribution < -0.4 is 5.32 Å². The molecule has 0 atom stereocenters. The molecule has 1 aromatic carbocycles. The lowest BCUT2D eigenvalue weighted by Crippen LogP contribution is -2.11. The van der Waals surface area contributed by atoms with Gasteiger partial charge in [0.1, 0.15) is 0 Å². The van der Waals surface area contributed by atoms with Gasteiger partial charge in [0.15, 0.2) is 21.5 Å². The van der Waals surface area contributed by atoms with Gasteiger partial charge in [0.05, 0.1) is 28.5 Å². The Morgan fingerprint density at radius 1 is 1.21 bits per heavy atom. The highest BCUT2D eigenvalue weighted by atomic mass is 35.5. The van der Waals surface area contributed by atoms with E-state index in [1.807, 2.05) is 4.57 Å². The molecular weight excluding hydrogens is 419 g/mol. The van der Waals surface area contributed by atoms with Crippen molar-refractivity contribution < 1.29 is 17.6 Å². The first-order chi connectivity index (χ1) is 13.7. The molecule has 2 aromatic heterocycles. The highest BCUT2D eigenvalue weighted by Crippen LogP contribution is 2.39. The van der Waals surface area contributed by atoms with Crippen molar-refractivity contribution in [3.8, 4) is 11.5 Å². The van der Waals surface area contributed by atoms with E-state index in [2.05, 4.69) is 15.3 Å². The van der Waals surface area contributed by atoms with Crippen LogP contribution in [-0.4, -0.2) is 35.1 Å². The van der Waals surface area contributed by atoms with Crippen molar-refractivity contribution in [2.45, 2.75) is 23.8 Å². The number of rotatable bonds is 5. The Morgan fingerprint density at radius 3 is 2.52 bits per heavy atom. The van der Waals surface area contributed by atoms with E-state index in [0.717, 1.165) is 31.5 Å². The fourth-order valence-corrected chi connectivity index (χ4v) is 3.92. The largest absolute Gasteiger partial charge is 0.341 e. The molecule has 1 saturated carbocycles. The summed E-state index contributed by atoms with van der Waals surface area (Å²) in [5.41, 5.74) is 1.22. The lowest BCUT2D eigenvalue weighted by Gasteiger charge is -2.07. The normalized spacial score (nSPS) is 14.0. The van der Waals surface area contributed by atoms with Crippen LogP contribution in [0.3, 0.4) is 0 Å². The Kier molecular flexibility index (Phi) is 4.87. The summed E-state index contributed by atoms with van der Waals surface area (Å²) < 4.78 is 38.6. The van der Waals surface area contributed by atoms with Crippen LogP contribution in [0.4, 0.5) is 10.1 Å². The molecule has 0 radical (unpaired) electrons. The second-order valence-electron chi connectivity index (χ2n) is 6.88. The predicted molar refractivity (Wildman–Crippen MR) is 106 cm³/mol. The molecule has 4 rings (SSSR count). The van der Waals surface area contributed by atoms with E-state index in [-0.39, 0.29) is 21.6 Å². The molecule has 0 aliphatic heterocycles. The van der Waals surface area contributed by atoms with Crippen molar-refractivity contribution >= 4 is 33.0 Å². The van der Waals surface area contributed by atoms with Crippen LogP contribution in [0.2, 0.25) is 5.02 Å². The average Bonchev–Trinajstić information content (AvgIpc) is 3.39. The van der Waals surface area contributed by atoms with Gasteiger partial charge in [-0.1, -0.05) is 11.6 Å². The topological polar surface area (TPSA) is 93.9 Å². The maximum Gasteiger partial charge on any atom is 0.257 e. The number of hydrogen-bond donors (Lipinski definition) is 1. The van der Waals surface area contributed by atoms with Crippen molar-refractivity contribution in [2.75, 3.05) is 11.6 Å². The Labute approximate surface area is 171 Å². The quantitative estimate of drug-likeness (QED) is 0.660. The van der Waals surface area contributed by atoms with E-state index in [9.17, 15) is 17.6 Å². The van der Waals surface area contributed by atoms with Crippen molar-refractivity contribution in [3.63, 3.8) is 0 Å². The number of carbonyl (C=O) groups excluding carboxylic acids is 1. The monoisotopic (exact) mass is 434 g/mol. The number of aromatic nitrogens is 3. The maximum atomic E-state index is 13.1. The third-order valence-corrected chi connectivity index (χ3v) is 5.77. The second-order valence-corrected chi connectivity index (χ2v) is 9.33. The third-order valence-electron chi connectivity index (χ3n) is 4.46. The molecule has 1 aliphatic rings. The standard InChI is InChI=1S/C19H16ClFN4O3S/c1-29(27,28)16-6-12(20)5-14(7-16)24-19(26)11-4-17(25(10-11)15-2-3-15)18-22-8-13(21)9-23-18/h4-10,15H,2-3H2,1H3,(H,24,26). The van der Waals surface area contributed by atoms with Crippen LogP contribution in [0.1, 0.15) is 29.2 Å². The molecule has 1 fully saturated rings. The van der Waals surface area contributed by atoms with E-state index in [1.54, 1.807) is 12.3 Å². The summed E-state index contributed by atoms with van der Waals surface area (Å²) in [5.74, 6) is -0.659. The lowest BCUT2D eigenvalue weighted by molar-refractivity contribution is 0.102. The molecule has 1 aliphatic carbocycles. The number of amides is 1. The highest BCUT2D eigenvalue weighted by Gasteiger charge is 2.28. The van der Waals surface area contributed by atoms with Crippen LogP contribution in [0.25, 0.3) is 11.5 Å². The Hall–Kier alpha value is -2.78. The van der Waals surface area contributed by atoms with Gasteiger partial charge in [-0.15, -0.1) is 0 Å². The molecule has 3 aromatic rings. The van der Waals surface area contributed by atoms with E-state index < -0.39 is 21.6 Å². The smallest absolute Gasteiger partial charge is 0.257 e. The van der Waals surface area contributed by atoms with Gasteiger partial charge < -0.3 is 9.88 Å². The lowest BCUT2D eigenvalue weighted by atomic mass is 10.2. The number of hydrogen-bond acceptors (Lipinski definition) is 5. The summed E-state index contributed by atoms with van der Waals surface area (Å²) in [6.07, 6.45) is 6.84. The third kappa shape index (κ3) is 4.30. The highest BCUT2D eigenvalue weighted by molar-refractivity contribution is 7.90. The SMILES string of the molecule is CS(=O)(=O)c1cc(Cl)cc(NC(=O)c2cc(-c3ncc(F)cn3)n(C3CC3)c2)c1. The van der Waals surface area contributed by atoms with Crippen LogP contribution in [0.5, 0.6) is 0 Å². The van der Waals surface area contributed by atoms with Crippen LogP contribution in [0, 0.1) is 5.82 Å². The number of carbonyl (C=O) groups is 1. The van der Waals surface area contributed by atoms with Crippen molar-refractivity contribution in [1.82, 2.24) is 14.5 Å². The molecule has 29 heavy (non-hydrogen) atoms. The van der Waals surface area contributed by atoms with Gasteiger partial charge in [-0.3, -0.25) is 4.79 Å². The predicted octanol–water partition coefficient (Wildman–Crippen LogP) is 3.73. The molecule has 0 saturated heterocycles. The number of halogens is 2. The van der Waals surface area contributed by atoms with Gasteiger partial charge in [-0.25, -0.2) is 22.8 Å². The first kappa shape index (κ1) is 19.5. The second kappa shape index (κ2) is 7.23. The van der Waals surface area contributed by atoms with Crippen LogP contribution >= 0.6 is 11.6 Å². The fraction of sp³-hybridized carbons (Fsp3) is 0.211. The van der Waals surface area contributed by atoms with Gasteiger partial charge in [0.25, 0.3) is 5.91 Å². The summed E-state index contributed by atoms with van der Waals surface area (Å²) >= 11 is 5.99.